The second-order valence-electron chi connectivity index (χ2n) is 9.29. The highest BCUT2D eigenvalue weighted by atomic mass is 16.5. The minimum atomic E-state index is -0.0515. The number of ether oxygens (including phenoxy) is 1. The average Bonchev–Trinajstić information content (AvgIpc) is 3.57. The molecule has 1 N–H and O–H groups in total. The van der Waals surface area contributed by atoms with Gasteiger partial charge in [0, 0.05) is 29.1 Å². The molecule has 0 spiro atoms. The number of nitrogens with zero attached hydrogens (tertiary/aromatic N) is 5. The van der Waals surface area contributed by atoms with Crippen LogP contribution in [0.4, 0.5) is 0 Å². The highest BCUT2D eigenvalue weighted by Gasteiger charge is 2.32. The lowest BCUT2D eigenvalue weighted by Crippen LogP contribution is -2.39. The van der Waals surface area contributed by atoms with Gasteiger partial charge in [-0.05, 0) is 59.5 Å². The van der Waals surface area contributed by atoms with Gasteiger partial charge in [0.1, 0.15) is 5.75 Å². The highest BCUT2D eigenvalue weighted by molar-refractivity contribution is 5.80. The van der Waals surface area contributed by atoms with Crippen LogP contribution in [0.15, 0.2) is 59.4 Å². The smallest absolute Gasteiger partial charge is 0.252 e. The number of nitrogens with one attached hydrogen (secondary N) is 1. The van der Waals surface area contributed by atoms with E-state index in [0.717, 1.165) is 52.9 Å². The minimum absolute atomic E-state index is 0.0113. The van der Waals surface area contributed by atoms with Gasteiger partial charge in [0.2, 0.25) is 0 Å². The van der Waals surface area contributed by atoms with Crippen molar-refractivity contribution in [3.63, 3.8) is 0 Å². The Morgan fingerprint density at radius 1 is 1.14 bits per heavy atom. The molecule has 8 nitrogen and oxygen atoms in total. The topological polar surface area (TPSA) is 88.9 Å². The van der Waals surface area contributed by atoms with Crippen molar-refractivity contribution < 1.29 is 4.74 Å². The molecule has 8 heteroatoms. The van der Waals surface area contributed by atoms with Crippen molar-refractivity contribution in [3.05, 3.63) is 81.9 Å². The fraction of sp³-hybridized carbons (Fsp3) is 0.407. The Kier molecular flexibility index (Phi) is 6.90. The number of H-pyrrole nitrogens is 1. The molecule has 182 valence electrons. The SMILES string of the molecule is CC[C@@H](c1nnnn1Cc1ccccc1)N(Cc1cc2cc(OC)ccc2[nH]c1=O)C1CCCC1. The molecule has 0 bridgehead atoms. The molecule has 5 rings (SSSR count). The quantitative estimate of drug-likeness (QED) is 0.387. The summed E-state index contributed by atoms with van der Waals surface area (Å²) in [5.41, 5.74) is 2.66. The Bertz CT molecular complexity index is 1330. The van der Waals surface area contributed by atoms with Crippen molar-refractivity contribution >= 4 is 10.9 Å². The molecule has 0 amide bonds. The highest BCUT2D eigenvalue weighted by Crippen LogP contribution is 2.34. The van der Waals surface area contributed by atoms with E-state index in [-0.39, 0.29) is 11.6 Å². The summed E-state index contributed by atoms with van der Waals surface area (Å²) in [5.74, 6) is 1.62. The second-order valence-corrected chi connectivity index (χ2v) is 9.29. The van der Waals surface area contributed by atoms with E-state index >= 15 is 0 Å². The van der Waals surface area contributed by atoms with E-state index in [1.165, 1.54) is 12.8 Å². The summed E-state index contributed by atoms with van der Waals surface area (Å²) in [5, 5.41) is 13.8. The monoisotopic (exact) mass is 472 g/mol. The third kappa shape index (κ3) is 4.98. The van der Waals surface area contributed by atoms with Crippen molar-refractivity contribution in [2.45, 2.75) is 64.2 Å². The average molecular weight is 473 g/mol. The number of methoxy groups -OCH3 is 1. The van der Waals surface area contributed by atoms with Gasteiger partial charge < -0.3 is 9.72 Å². The van der Waals surface area contributed by atoms with Gasteiger partial charge >= 0.3 is 0 Å². The largest absolute Gasteiger partial charge is 0.497 e. The standard InChI is InChI=1S/C27H32N6O2/c1-3-25(26-29-30-31-33(26)17-19-9-5-4-6-10-19)32(22-11-7-8-12-22)18-21-15-20-16-23(35-2)13-14-24(20)28-27(21)34/h4-6,9-10,13-16,22,25H,3,7-8,11-12,17-18H2,1-2H3,(H,28,34)/t25-/m0/s1. The molecule has 1 fully saturated rings. The number of pyridine rings is 1. The van der Waals surface area contributed by atoms with Gasteiger partial charge in [0.15, 0.2) is 5.82 Å². The second kappa shape index (κ2) is 10.4. The third-order valence-electron chi connectivity index (χ3n) is 7.09. The molecule has 0 aliphatic heterocycles. The predicted molar refractivity (Wildman–Crippen MR) is 135 cm³/mol. The normalized spacial score (nSPS) is 15.2. The number of rotatable bonds is 9. The van der Waals surface area contributed by atoms with Crippen molar-refractivity contribution in [3.8, 4) is 5.75 Å². The molecular weight excluding hydrogens is 440 g/mol. The molecule has 2 aromatic heterocycles. The summed E-state index contributed by atoms with van der Waals surface area (Å²) in [6.07, 6.45) is 5.51. The Balaban J connectivity index is 1.50. The van der Waals surface area contributed by atoms with Crippen LogP contribution in [0, 0.1) is 0 Å². The number of tetrazole rings is 1. The van der Waals surface area contributed by atoms with E-state index in [2.05, 4.69) is 44.5 Å². The summed E-state index contributed by atoms with van der Waals surface area (Å²) < 4.78 is 7.30. The summed E-state index contributed by atoms with van der Waals surface area (Å²) in [6, 6.07) is 18.4. The lowest BCUT2D eigenvalue weighted by molar-refractivity contribution is 0.112. The van der Waals surface area contributed by atoms with Gasteiger partial charge in [0.25, 0.3) is 5.56 Å². The van der Waals surface area contributed by atoms with Crippen molar-refractivity contribution in [1.29, 1.82) is 0 Å². The van der Waals surface area contributed by atoms with E-state index in [4.69, 9.17) is 4.74 Å². The Labute approximate surface area is 204 Å². The summed E-state index contributed by atoms with van der Waals surface area (Å²) in [6.45, 7) is 3.34. The first-order valence-corrected chi connectivity index (χ1v) is 12.4. The molecule has 1 aliphatic carbocycles. The molecule has 2 aromatic carbocycles. The minimum Gasteiger partial charge on any atom is -0.497 e. The van der Waals surface area contributed by atoms with E-state index in [1.54, 1.807) is 7.11 Å². The lowest BCUT2D eigenvalue weighted by Gasteiger charge is -2.35. The molecule has 0 unspecified atom stereocenters. The van der Waals surface area contributed by atoms with Crippen LogP contribution in [0.25, 0.3) is 10.9 Å². The molecule has 4 aromatic rings. The summed E-state index contributed by atoms with van der Waals surface area (Å²) in [4.78, 5) is 18.6. The number of aromatic nitrogens is 5. The van der Waals surface area contributed by atoms with Crippen LogP contribution in [0.5, 0.6) is 5.75 Å². The van der Waals surface area contributed by atoms with Gasteiger partial charge in [-0.25, -0.2) is 4.68 Å². The van der Waals surface area contributed by atoms with E-state index in [0.29, 0.717) is 19.1 Å². The molecule has 1 atom stereocenters. The zero-order valence-corrected chi connectivity index (χ0v) is 20.4. The Hall–Kier alpha value is -3.52. The molecule has 0 saturated heterocycles. The van der Waals surface area contributed by atoms with Crippen LogP contribution >= 0.6 is 0 Å². The number of benzene rings is 2. The van der Waals surface area contributed by atoms with E-state index in [9.17, 15) is 4.79 Å². The zero-order chi connectivity index (χ0) is 24.2. The van der Waals surface area contributed by atoms with Crippen molar-refractivity contribution in [2.24, 2.45) is 0 Å². The molecule has 2 heterocycles. The van der Waals surface area contributed by atoms with Crippen LogP contribution < -0.4 is 10.3 Å². The van der Waals surface area contributed by atoms with Gasteiger partial charge in [0.05, 0.1) is 19.7 Å². The maximum absolute atomic E-state index is 13.1. The maximum atomic E-state index is 13.1. The summed E-state index contributed by atoms with van der Waals surface area (Å²) >= 11 is 0. The molecule has 1 saturated carbocycles. The third-order valence-corrected chi connectivity index (χ3v) is 7.09. The molecular formula is C27H32N6O2. The van der Waals surface area contributed by atoms with E-state index in [1.807, 2.05) is 47.1 Å². The number of hydrogen-bond donors (Lipinski definition) is 1. The van der Waals surface area contributed by atoms with Crippen molar-refractivity contribution in [2.75, 3.05) is 7.11 Å². The number of aromatic amines is 1. The Morgan fingerprint density at radius 3 is 2.69 bits per heavy atom. The maximum Gasteiger partial charge on any atom is 0.252 e. The van der Waals surface area contributed by atoms with Crippen LogP contribution in [0.1, 0.15) is 62.0 Å². The molecule has 35 heavy (non-hydrogen) atoms. The van der Waals surface area contributed by atoms with E-state index < -0.39 is 0 Å². The predicted octanol–water partition coefficient (Wildman–Crippen LogP) is 4.47. The summed E-state index contributed by atoms with van der Waals surface area (Å²) in [7, 11) is 1.65. The zero-order valence-electron chi connectivity index (χ0n) is 20.4. The van der Waals surface area contributed by atoms with Gasteiger partial charge in [-0.2, -0.15) is 0 Å². The fourth-order valence-electron chi connectivity index (χ4n) is 5.29. The van der Waals surface area contributed by atoms with Crippen LogP contribution in [-0.2, 0) is 13.1 Å². The van der Waals surface area contributed by atoms with Gasteiger partial charge in [-0.3, -0.25) is 9.69 Å². The Morgan fingerprint density at radius 2 is 1.94 bits per heavy atom. The first kappa shape index (κ1) is 23.2. The van der Waals surface area contributed by atoms with Gasteiger partial charge in [-0.1, -0.05) is 50.1 Å². The van der Waals surface area contributed by atoms with Crippen LogP contribution in [-0.4, -0.2) is 43.2 Å². The fourth-order valence-corrected chi connectivity index (χ4v) is 5.29. The lowest BCUT2D eigenvalue weighted by atomic mass is 10.0. The molecule has 1 aliphatic rings. The first-order valence-electron chi connectivity index (χ1n) is 12.4. The van der Waals surface area contributed by atoms with Gasteiger partial charge in [-0.15, -0.1) is 5.10 Å². The number of hydrogen-bond acceptors (Lipinski definition) is 6. The first-order chi connectivity index (χ1) is 17.2. The van der Waals surface area contributed by atoms with Crippen molar-refractivity contribution in [1.82, 2.24) is 30.1 Å². The molecule has 0 radical (unpaired) electrons. The van der Waals surface area contributed by atoms with Crippen LogP contribution in [0.2, 0.25) is 0 Å². The van der Waals surface area contributed by atoms with Crippen LogP contribution in [0.3, 0.4) is 0 Å². The number of fused-ring (bicyclic) bond motifs is 1.